The third kappa shape index (κ3) is 2.44. The van der Waals surface area contributed by atoms with Gasteiger partial charge < -0.3 is 0 Å². The van der Waals surface area contributed by atoms with E-state index < -0.39 is 0 Å². The van der Waals surface area contributed by atoms with Crippen LogP contribution in [0.5, 0.6) is 0 Å². The molecule has 5 heteroatoms. The second-order valence-corrected chi connectivity index (χ2v) is 6.14. The zero-order valence-corrected chi connectivity index (χ0v) is 12.9. The molecule has 0 unspecified atom stereocenters. The van der Waals surface area contributed by atoms with E-state index in [4.69, 9.17) is 4.98 Å². The van der Waals surface area contributed by atoms with E-state index in [0.717, 1.165) is 27.8 Å². The number of hydrogen-bond donors (Lipinski definition) is 0. The van der Waals surface area contributed by atoms with Crippen LogP contribution in [0.4, 0.5) is 0 Å². The number of benzene rings is 1. The first kappa shape index (κ1) is 13.3. The topological polar surface area (TPSA) is 43.1 Å². The standard InChI is InChI=1S/C17H14N4S/c1-12-9-16(20-15-6-3-2-5-14(12)15)22-11-13-10-21-8-4-7-18-17(21)19-13/h2-10H,11H2,1H3. The largest absolute Gasteiger partial charge is 0.291 e. The molecule has 0 aliphatic rings. The summed E-state index contributed by atoms with van der Waals surface area (Å²) in [5.41, 5.74) is 3.31. The van der Waals surface area contributed by atoms with Crippen molar-refractivity contribution >= 4 is 28.4 Å². The first-order chi connectivity index (χ1) is 10.8. The maximum atomic E-state index is 4.72. The van der Waals surface area contributed by atoms with Crippen molar-refractivity contribution in [2.45, 2.75) is 17.7 Å². The monoisotopic (exact) mass is 306 g/mol. The van der Waals surface area contributed by atoms with Crippen molar-refractivity contribution in [3.63, 3.8) is 0 Å². The molecule has 0 atom stereocenters. The van der Waals surface area contributed by atoms with E-state index in [1.807, 2.05) is 35.0 Å². The van der Waals surface area contributed by atoms with Gasteiger partial charge in [0.15, 0.2) is 0 Å². The van der Waals surface area contributed by atoms with Crippen molar-refractivity contribution in [3.8, 4) is 0 Å². The van der Waals surface area contributed by atoms with Gasteiger partial charge in [-0.3, -0.25) is 4.40 Å². The molecule has 4 aromatic rings. The first-order valence-electron chi connectivity index (χ1n) is 7.07. The van der Waals surface area contributed by atoms with Crippen molar-refractivity contribution < 1.29 is 0 Å². The zero-order chi connectivity index (χ0) is 14.9. The highest BCUT2D eigenvalue weighted by molar-refractivity contribution is 7.98. The Kier molecular flexibility index (Phi) is 3.27. The Morgan fingerprint density at radius 1 is 1.14 bits per heavy atom. The van der Waals surface area contributed by atoms with Crippen LogP contribution in [0.25, 0.3) is 16.7 Å². The summed E-state index contributed by atoms with van der Waals surface area (Å²) in [6.45, 7) is 2.13. The predicted molar refractivity (Wildman–Crippen MR) is 89.0 cm³/mol. The maximum absolute atomic E-state index is 4.72. The molecule has 0 fully saturated rings. The molecule has 0 aliphatic heterocycles. The summed E-state index contributed by atoms with van der Waals surface area (Å²) >= 11 is 1.70. The number of thioether (sulfide) groups is 1. The Morgan fingerprint density at radius 2 is 2.05 bits per heavy atom. The van der Waals surface area contributed by atoms with E-state index in [-0.39, 0.29) is 0 Å². The van der Waals surface area contributed by atoms with Gasteiger partial charge in [0.05, 0.1) is 16.2 Å². The normalized spacial score (nSPS) is 11.3. The van der Waals surface area contributed by atoms with Gasteiger partial charge in [0.25, 0.3) is 0 Å². The molecule has 108 valence electrons. The molecular weight excluding hydrogens is 292 g/mol. The molecule has 4 rings (SSSR count). The van der Waals surface area contributed by atoms with Crippen molar-refractivity contribution in [2.24, 2.45) is 0 Å². The lowest BCUT2D eigenvalue weighted by atomic mass is 10.1. The van der Waals surface area contributed by atoms with Gasteiger partial charge in [0.1, 0.15) is 0 Å². The Balaban J connectivity index is 1.60. The van der Waals surface area contributed by atoms with Crippen LogP contribution < -0.4 is 0 Å². The van der Waals surface area contributed by atoms with Gasteiger partial charge in [-0.1, -0.05) is 30.0 Å². The van der Waals surface area contributed by atoms with Crippen LogP contribution in [0, 0.1) is 6.92 Å². The van der Waals surface area contributed by atoms with Gasteiger partial charge in [-0.15, -0.1) is 0 Å². The minimum Gasteiger partial charge on any atom is -0.291 e. The number of pyridine rings is 1. The van der Waals surface area contributed by atoms with E-state index in [1.165, 1.54) is 10.9 Å². The molecule has 0 spiro atoms. The Morgan fingerprint density at radius 3 is 2.95 bits per heavy atom. The van der Waals surface area contributed by atoms with Crippen LogP contribution in [-0.4, -0.2) is 19.4 Å². The number of fused-ring (bicyclic) bond motifs is 2. The summed E-state index contributed by atoms with van der Waals surface area (Å²) in [5.74, 6) is 1.52. The molecule has 1 aromatic carbocycles. The van der Waals surface area contributed by atoms with E-state index in [9.17, 15) is 0 Å². The molecule has 3 aromatic heterocycles. The Labute approximate surface area is 132 Å². The smallest absolute Gasteiger partial charge is 0.233 e. The van der Waals surface area contributed by atoms with Crippen LogP contribution in [0.2, 0.25) is 0 Å². The average Bonchev–Trinajstić information content (AvgIpc) is 2.96. The number of aromatic nitrogens is 4. The van der Waals surface area contributed by atoms with Crippen molar-refractivity contribution in [2.75, 3.05) is 0 Å². The van der Waals surface area contributed by atoms with E-state index in [1.54, 1.807) is 18.0 Å². The van der Waals surface area contributed by atoms with E-state index in [2.05, 4.69) is 35.1 Å². The molecule has 0 aliphatic carbocycles. The lowest BCUT2D eigenvalue weighted by Crippen LogP contribution is -1.88. The van der Waals surface area contributed by atoms with Crippen LogP contribution in [0.1, 0.15) is 11.3 Å². The van der Waals surface area contributed by atoms with Crippen LogP contribution in [0.15, 0.2) is 60.0 Å². The van der Waals surface area contributed by atoms with Gasteiger partial charge in [-0.25, -0.2) is 15.0 Å². The van der Waals surface area contributed by atoms with Crippen LogP contribution in [-0.2, 0) is 5.75 Å². The third-order valence-electron chi connectivity index (χ3n) is 3.55. The van der Waals surface area contributed by atoms with Gasteiger partial charge in [-0.05, 0) is 30.7 Å². The summed E-state index contributed by atoms with van der Waals surface area (Å²) in [5, 5.41) is 2.24. The molecule has 0 saturated heterocycles. The lowest BCUT2D eigenvalue weighted by molar-refractivity contribution is 1.11. The summed E-state index contributed by atoms with van der Waals surface area (Å²) in [7, 11) is 0. The van der Waals surface area contributed by atoms with Gasteiger partial charge in [0.2, 0.25) is 5.78 Å². The first-order valence-corrected chi connectivity index (χ1v) is 8.06. The Hall–Kier alpha value is -2.40. The lowest BCUT2D eigenvalue weighted by Gasteiger charge is -2.05. The molecule has 22 heavy (non-hydrogen) atoms. The van der Waals surface area contributed by atoms with Crippen molar-refractivity contribution in [1.29, 1.82) is 0 Å². The fraction of sp³-hybridized carbons (Fsp3) is 0.118. The SMILES string of the molecule is Cc1cc(SCc2cn3cccnc3n2)nc2ccccc12. The molecule has 0 N–H and O–H groups in total. The highest BCUT2D eigenvalue weighted by Gasteiger charge is 2.06. The number of rotatable bonds is 3. The molecule has 4 nitrogen and oxygen atoms in total. The maximum Gasteiger partial charge on any atom is 0.233 e. The van der Waals surface area contributed by atoms with Crippen LogP contribution in [0.3, 0.4) is 0 Å². The highest BCUT2D eigenvalue weighted by Crippen LogP contribution is 2.25. The zero-order valence-electron chi connectivity index (χ0n) is 12.1. The van der Waals surface area contributed by atoms with E-state index in [0.29, 0.717) is 0 Å². The Bertz CT molecular complexity index is 928. The molecule has 0 bridgehead atoms. The van der Waals surface area contributed by atoms with E-state index >= 15 is 0 Å². The van der Waals surface area contributed by atoms with Crippen molar-refractivity contribution in [3.05, 3.63) is 66.2 Å². The van der Waals surface area contributed by atoms with Crippen LogP contribution >= 0.6 is 11.8 Å². The minimum atomic E-state index is 0.737. The molecule has 0 amide bonds. The van der Waals surface area contributed by atoms with Gasteiger partial charge >= 0.3 is 0 Å². The van der Waals surface area contributed by atoms with Gasteiger partial charge in [-0.2, -0.15) is 0 Å². The predicted octanol–water partition coefficient (Wildman–Crippen LogP) is 3.88. The number of nitrogens with zero attached hydrogens (tertiary/aromatic N) is 4. The minimum absolute atomic E-state index is 0.737. The summed E-state index contributed by atoms with van der Waals surface area (Å²) in [6.07, 6.45) is 5.73. The summed E-state index contributed by atoms with van der Waals surface area (Å²) < 4.78 is 1.94. The van der Waals surface area contributed by atoms with Gasteiger partial charge in [0, 0.05) is 29.7 Å². The highest BCUT2D eigenvalue weighted by atomic mass is 32.2. The summed E-state index contributed by atoms with van der Waals surface area (Å²) in [6, 6.07) is 12.3. The summed E-state index contributed by atoms with van der Waals surface area (Å²) in [4.78, 5) is 13.5. The number of imidazole rings is 1. The number of para-hydroxylation sites is 1. The quantitative estimate of drug-likeness (QED) is 0.539. The number of hydrogen-bond acceptors (Lipinski definition) is 4. The number of aryl methyl sites for hydroxylation is 1. The average molecular weight is 306 g/mol. The fourth-order valence-electron chi connectivity index (χ4n) is 2.49. The van der Waals surface area contributed by atoms with Crippen molar-refractivity contribution in [1.82, 2.24) is 19.4 Å². The second-order valence-electron chi connectivity index (χ2n) is 5.14. The second kappa shape index (κ2) is 5.42. The molecule has 0 saturated carbocycles. The molecular formula is C17H14N4S. The fourth-order valence-corrected chi connectivity index (χ4v) is 3.35. The molecule has 0 radical (unpaired) electrons. The third-order valence-corrected chi connectivity index (χ3v) is 4.50. The molecule has 3 heterocycles.